The second-order valence-corrected chi connectivity index (χ2v) is 10.2. The minimum absolute atomic E-state index is 0.0609. The minimum atomic E-state index is -4.31. The van der Waals surface area contributed by atoms with E-state index in [0.717, 1.165) is 48.8 Å². The summed E-state index contributed by atoms with van der Waals surface area (Å²) >= 11 is 6.19. The van der Waals surface area contributed by atoms with Crippen molar-refractivity contribution in [1.82, 2.24) is 24.6 Å². The van der Waals surface area contributed by atoms with Crippen LogP contribution in [0.4, 0.5) is 19.0 Å². The van der Waals surface area contributed by atoms with Crippen molar-refractivity contribution in [3.8, 4) is 11.8 Å². The number of halogens is 4. The third-order valence-corrected chi connectivity index (χ3v) is 7.38. The summed E-state index contributed by atoms with van der Waals surface area (Å²) in [6.07, 6.45) is -2.46. The van der Waals surface area contributed by atoms with Crippen LogP contribution in [-0.4, -0.2) is 50.5 Å². The Morgan fingerprint density at radius 3 is 2.66 bits per heavy atom. The lowest BCUT2D eigenvalue weighted by Crippen LogP contribution is -2.62. The lowest BCUT2D eigenvalue weighted by Gasteiger charge is -2.59. The van der Waals surface area contributed by atoms with Gasteiger partial charge in [0.2, 0.25) is 0 Å². The van der Waals surface area contributed by atoms with Gasteiger partial charge in [-0.25, -0.2) is 4.98 Å². The number of hydrogen-bond acceptors (Lipinski definition) is 6. The Hall–Kier alpha value is -3.16. The van der Waals surface area contributed by atoms with Crippen molar-refractivity contribution in [2.45, 2.75) is 38.0 Å². The molecule has 0 unspecified atom stereocenters. The maximum absolute atomic E-state index is 13.2. The number of alkyl halides is 3. The molecule has 35 heavy (non-hydrogen) atoms. The highest BCUT2D eigenvalue weighted by Gasteiger charge is 2.54. The van der Waals surface area contributed by atoms with Gasteiger partial charge in [0, 0.05) is 36.0 Å². The third-order valence-electron chi connectivity index (χ3n) is 7.15. The second-order valence-electron chi connectivity index (χ2n) is 9.80. The Morgan fingerprint density at radius 1 is 1.11 bits per heavy atom. The van der Waals surface area contributed by atoms with Crippen LogP contribution in [0.1, 0.15) is 41.7 Å². The van der Waals surface area contributed by atoms with Gasteiger partial charge in [0.1, 0.15) is 23.4 Å². The average molecular weight is 500 g/mol. The van der Waals surface area contributed by atoms with Gasteiger partial charge in [-0.05, 0) is 48.7 Å². The maximum atomic E-state index is 13.2. The molecular weight excluding hydrogens is 479 g/mol. The molecule has 2 aromatic heterocycles. The van der Waals surface area contributed by atoms with E-state index in [4.69, 9.17) is 16.9 Å². The van der Waals surface area contributed by atoms with Crippen LogP contribution in [0.15, 0.2) is 36.4 Å². The zero-order valence-corrected chi connectivity index (χ0v) is 19.4. The SMILES string of the molecule is N#Cc1cccc(N2CC3(CC(c4nnc5n4-c4ccc(Cl)cc4CN(CC(F)(F)F)C5)C3)C2)n1. The number of pyridine rings is 1. The van der Waals surface area contributed by atoms with Gasteiger partial charge in [-0.2, -0.15) is 18.4 Å². The summed E-state index contributed by atoms with van der Waals surface area (Å²) < 4.78 is 41.5. The molecule has 180 valence electrons. The zero-order valence-electron chi connectivity index (χ0n) is 18.6. The predicted molar refractivity (Wildman–Crippen MR) is 122 cm³/mol. The maximum Gasteiger partial charge on any atom is 0.401 e. The number of rotatable bonds is 3. The monoisotopic (exact) mass is 499 g/mol. The molecule has 7 nitrogen and oxygen atoms in total. The van der Waals surface area contributed by atoms with Gasteiger partial charge < -0.3 is 4.90 Å². The number of nitrogens with zero attached hydrogens (tertiary/aromatic N) is 7. The van der Waals surface area contributed by atoms with E-state index in [1.165, 1.54) is 4.90 Å². The van der Waals surface area contributed by atoms with Gasteiger partial charge in [0.05, 0.1) is 18.8 Å². The van der Waals surface area contributed by atoms with Gasteiger partial charge >= 0.3 is 6.18 Å². The van der Waals surface area contributed by atoms with Crippen molar-refractivity contribution in [2.75, 3.05) is 24.5 Å². The van der Waals surface area contributed by atoms with Crippen LogP contribution in [-0.2, 0) is 13.1 Å². The fourth-order valence-electron chi connectivity index (χ4n) is 5.73. The van der Waals surface area contributed by atoms with E-state index in [1.54, 1.807) is 18.2 Å². The third kappa shape index (κ3) is 4.02. The van der Waals surface area contributed by atoms with E-state index in [9.17, 15) is 13.2 Å². The lowest BCUT2D eigenvalue weighted by atomic mass is 9.57. The highest BCUT2D eigenvalue weighted by atomic mass is 35.5. The minimum Gasteiger partial charge on any atom is -0.355 e. The normalized spacial score (nSPS) is 19.3. The standard InChI is InChI=1S/C24H21ClF3N7/c25-17-4-5-19-15(6-17)10-33(14-24(26,27)28)11-21-31-32-22(35(19)21)16-7-23(8-16)12-34(13-23)20-3-1-2-18(9-29)30-20/h1-6,16H,7-8,10-14H2. The Balaban J connectivity index is 1.23. The molecule has 0 radical (unpaired) electrons. The Kier molecular flexibility index (Phi) is 5.06. The Morgan fingerprint density at radius 2 is 1.91 bits per heavy atom. The first-order valence-electron chi connectivity index (χ1n) is 11.4. The van der Waals surface area contributed by atoms with E-state index >= 15 is 0 Å². The Labute approximate surface area is 204 Å². The molecule has 1 aromatic carbocycles. The topological polar surface area (TPSA) is 73.9 Å². The van der Waals surface area contributed by atoms with Crippen molar-refractivity contribution in [1.29, 1.82) is 5.26 Å². The molecule has 11 heteroatoms. The van der Waals surface area contributed by atoms with Crippen molar-refractivity contribution >= 4 is 17.4 Å². The Bertz CT molecular complexity index is 1330. The smallest absolute Gasteiger partial charge is 0.355 e. The summed E-state index contributed by atoms with van der Waals surface area (Å²) in [5.41, 5.74) is 2.09. The molecule has 6 rings (SSSR count). The molecule has 3 aliphatic rings. The number of fused-ring (bicyclic) bond motifs is 3. The summed E-state index contributed by atoms with van der Waals surface area (Å²) in [7, 11) is 0. The largest absolute Gasteiger partial charge is 0.401 e. The molecular formula is C24H21ClF3N7. The number of hydrogen-bond donors (Lipinski definition) is 0. The van der Waals surface area contributed by atoms with Gasteiger partial charge in [0.15, 0.2) is 5.82 Å². The number of benzene rings is 1. The fourth-order valence-corrected chi connectivity index (χ4v) is 5.93. The van der Waals surface area contributed by atoms with E-state index in [2.05, 4.69) is 26.2 Å². The number of nitriles is 1. The van der Waals surface area contributed by atoms with Crippen LogP contribution in [0.3, 0.4) is 0 Å². The lowest BCUT2D eigenvalue weighted by molar-refractivity contribution is -0.148. The molecule has 0 atom stereocenters. The summed E-state index contributed by atoms with van der Waals surface area (Å²) in [4.78, 5) is 7.89. The van der Waals surface area contributed by atoms with Crippen LogP contribution in [0.25, 0.3) is 5.69 Å². The van der Waals surface area contributed by atoms with Gasteiger partial charge in [-0.15, -0.1) is 10.2 Å². The van der Waals surface area contributed by atoms with E-state index in [1.807, 2.05) is 22.8 Å². The molecule has 1 saturated carbocycles. The van der Waals surface area contributed by atoms with Crippen LogP contribution in [0.5, 0.6) is 0 Å². The van der Waals surface area contributed by atoms with Gasteiger partial charge in [0.25, 0.3) is 0 Å². The molecule has 1 saturated heterocycles. The zero-order chi connectivity index (χ0) is 24.4. The van der Waals surface area contributed by atoms with Crippen molar-refractivity contribution in [3.63, 3.8) is 0 Å². The van der Waals surface area contributed by atoms with E-state index < -0.39 is 12.7 Å². The number of anilines is 1. The quantitative estimate of drug-likeness (QED) is 0.530. The first kappa shape index (κ1) is 22.3. The van der Waals surface area contributed by atoms with E-state index in [0.29, 0.717) is 16.5 Å². The van der Waals surface area contributed by atoms with Crippen LogP contribution >= 0.6 is 11.6 Å². The molecule has 1 aliphatic carbocycles. The summed E-state index contributed by atoms with van der Waals surface area (Å²) in [6, 6.07) is 12.8. The molecule has 2 fully saturated rings. The molecule has 0 bridgehead atoms. The molecule has 1 spiro atoms. The first-order chi connectivity index (χ1) is 16.7. The van der Waals surface area contributed by atoms with E-state index in [-0.39, 0.29) is 24.4 Å². The van der Waals surface area contributed by atoms with Crippen LogP contribution < -0.4 is 4.90 Å². The summed E-state index contributed by atoms with van der Waals surface area (Å²) in [5, 5.41) is 18.3. The highest BCUT2D eigenvalue weighted by Crippen LogP contribution is 2.56. The average Bonchev–Trinajstić information content (AvgIpc) is 3.07. The number of aromatic nitrogens is 4. The fraction of sp³-hybridized carbons (Fsp3) is 0.417. The van der Waals surface area contributed by atoms with Crippen molar-refractivity contribution in [2.24, 2.45) is 5.41 Å². The van der Waals surface area contributed by atoms with Gasteiger partial charge in [-0.3, -0.25) is 9.47 Å². The molecule has 4 heterocycles. The predicted octanol–water partition coefficient (Wildman–Crippen LogP) is 4.45. The molecule has 2 aliphatic heterocycles. The molecule has 3 aromatic rings. The van der Waals surface area contributed by atoms with Crippen LogP contribution in [0.2, 0.25) is 5.02 Å². The molecule has 0 amide bonds. The molecule has 0 N–H and O–H groups in total. The van der Waals surface area contributed by atoms with Gasteiger partial charge in [-0.1, -0.05) is 17.7 Å². The second kappa shape index (κ2) is 7.93. The van der Waals surface area contributed by atoms with Crippen LogP contribution in [0, 0.1) is 16.7 Å². The first-order valence-corrected chi connectivity index (χ1v) is 11.7. The van der Waals surface area contributed by atoms with Crippen molar-refractivity contribution < 1.29 is 13.2 Å². The summed E-state index contributed by atoms with van der Waals surface area (Å²) in [5.74, 6) is 2.30. The summed E-state index contributed by atoms with van der Waals surface area (Å²) in [6.45, 7) is 0.891. The van der Waals surface area contributed by atoms with Crippen molar-refractivity contribution in [3.05, 3.63) is 64.3 Å². The highest BCUT2D eigenvalue weighted by molar-refractivity contribution is 6.30.